The van der Waals surface area contributed by atoms with E-state index >= 15 is 0 Å². The first-order valence-electron chi connectivity index (χ1n) is 7.26. The van der Waals surface area contributed by atoms with E-state index in [2.05, 4.69) is 10.5 Å². The molecule has 0 spiro atoms. The Bertz CT molecular complexity index is 866. The van der Waals surface area contributed by atoms with Crippen molar-refractivity contribution < 1.29 is 22.8 Å². The van der Waals surface area contributed by atoms with Crippen LogP contribution in [0.3, 0.4) is 0 Å². The number of hydrazone groups is 1. The summed E-state index contributed by atoms with van der Waals surface area (Å²) in [5, 5.41) is 5.91. The fraction of sp³-hybridized carbons (Fsp3) is 0.118. The van der Waals surface area contributed by atoms with Gasteiger partial charge in [-0.2, -0.15) is 18.3 Å². The highest BCUT2D eigenvalue weighted by Gasteiger charge is 2.38. The molecule has 0 aliphatic rings. The van der Waals surface area contributed by atoms with Crippen molar-refractivity contribution in [3.8, 4) is 0 Å². The first-order valence-corrected chi connectivity index (χ1v) is 7.64. The fourth-order valence-electron chi connectivity index (χ4n) is 1.93. The molecule has 0 unspecified atom stereocenters. The second-order valence-corrected chi connectivity index (χ2v) is 5.56. The van der Waals surface area contributed by atoms with Crippen LogP contribution in [0, 0.1) is 0 Å². The summed E-state index contributed by atoms with van der Waals surface area (Å²) in [4.78, 5) is 23.0. The summed E-state index contributed by atoms with van der Waals surface area (Å²) in [5.74, 6) is -2.60. The zero-order valence-electron chi connectivity index (χ0n) is 13.4. The number of halogens is 4. The van der Waals surface area contributed by atoms with Crippen molar-refractivity contribution in [1.29, 1.82) is 0 Å². The van der Waals surface area contributed by atoms with E-state index < -0.39 is 18.0 Å². The Balaban J connectivity index is 2.12. The van der Waals surface area contributed by atoms with Crippen LogP contribution in [0.5, 0.6) is 0 Å². The van der Waals surface area contributed by atoms with Crippen molar-refractivity contribution in [2.75, 3.05) is 5.32 Å². The Kier molecular flexibility index (Phi) is 5.99. The van der Waals surface area contributed by atoms with Gasteiger partial charge in [-0.15, -0.1) is 0 Å². The zero-order chi connectivity index (χ0) is 19.3. The maximum atomic E-state index is 12.3. The van der Waals surface area contributed by atoms with Crippen molar-refractivity contribution in [1.82, 2.24) is 5.43 Å². The van der Waals surface area contributed by atoms with Crippen LogP contribution >= 0.6 is 11.6 Å². The highest BCUT2D eigenvalue weighted by molar-refractivity contribution is 6.33. The van der Waals surface area contributed by atoms with Gasteiger partial charge in [0.15, 0.2) is 0 Å². The normalized spacial score (nSPS) is 11.8. The highest BCUT2D eigenvalue weighted by Crippen LogP contribution is 2.19. The third-order valence-electron chi connectivity index (χ3n) is 3.24. The van der Waals surface area contributed by atoms with Crippen molar-refractivity contribution in [2.24, 2.45) is 5.10 Å². The van der Waals surface area contributed by atoms with E-state index in [1.54, 1.807) is 36.5 Å². The molecule has 26 heavy (non-hydrogen) atoms. The van der Waals surface area contributed by atoms with Gasteiger partial charge in [-0.3, -0.25) is 9.59 Å². The van der Waals surface area contributed by atoms with Crippen LogP contribution in [0.2, 0.25) is 5.02 Å². The minimum Gasteiger partial charge on any atom is -0.318 e. The standard InChI is InChI=1S/C17H13ClF3N3O2/c1-10(23-24-15(25)13-7-2-3-8-14(13)18)11-5-4-6-12(9-11)22-16(26)17(19,20)21/h2-9H,1H3,(H,22,26)(H,24,25)/b23-10-. The summed E-state index contributed by atoms with van der Waals surface area (Å²) < 4.78 is 36.9. The number of carbonyl (C=O) groups is 2. The second-order valence-electron chi connectivity index (χ2n) is 5.15. The van der Waals surface area contributed by atoms with Gasteiger partial charge < -0.3 is 5.32 Å². The van der Waals surface area contributed by atoms with E-state index in [-0.39, 0.29) is 16.3 Å². The van der Waals surface area contributed by atoms with E-state index in [4.69, 9.17) is 11.6 Å². The van der Waals surface area contributed by atoms with Gasteiger partial charge in [-0.05, 0) is 36.8 Å². The van der Waals surface area contributed by atoms with Gasteiger partial charge in [0.25, 0.3) is 5.91 Å². The summed E-state index contributed by atoms with van der Waals surface area (Å²) in [6.45, 7) is 1.55. The smallest absolute Gasteiger partial charge is 0.318 e. The van der Waals surface area contributed by atoms with Gasteiger partial charge in [-0.1, -0.05) is 35.9 Å². The molecule has 0 fully saturated rings. The maximum absolute atomic E-state index is 12.3. The number of nitrogens with one attached hydrogen (secondary N) is 2. The lowest BCUT2D eigenvalue weighted by Crippen LogP contribution is -2.29. The van der Waals surface area contributed by atoms with Crippen LogP contribution in [0.1, 0.15) is 22.8 Å². The molecule has 0 atom stereocenters. The Morgan fingerprint density at radius 2 is 1.77 bits per heavy atom. The van der Waals surface area contributed by atoms with Gasteiger partial charge in [0.05, 0.1) is 16.3 Å². The van der Waals surface area contributed by atoms with Crippen LogP contribution in [0.4, 0.5) is 18.9 Å². The maximum Gasteiger partial charge on any atom is 0.471 e. The van der Waals surface area contributed by atoms with Gasteiger partial charge >= 0.3 is 12.1 Å². The predicted octanol–water partition coefficient (Wildman–Crippen LogP) is 3.99. The zero-order valence-corrected chi connectivity index (χ0v) is 14.2. The molecule has 0 aliphatic carbocycles. The van der Waals surface area contributed by atoms with Crippen LogP contribution in [0.15, 0.2) is 53.6 Å². The molecule has 0 radical (unpaired) electrons. The molecular weight excluding hydrogens is 371 g/mol. The lowest BCUT2D eigenvalue weighted by molar-refractivity contribution is -0.167. The number of hydrogen-bond donors (Lipinski definition) is 2. The summed E-state index contributed by atoms with van der Waals surface area (Å²) in [6, 6.07) is 12.0. The van der Waals surface area contributed by atoms with E-state index in [1.165, 1.54) is 24.3 Å². The average molecular weight is 384 g/mol. The van der Waals surface area contributed by atoms with Gasteiger partial charge in [0.2, 0.25) is 0 Å². The van der Waals surface area contributed by atoms with E-state index in [0.717, 1.165) is 0 Å². The number of nitrogens with zero attached hydrogens (tertiary/aromatic N) is 1. The Hall–Kier alpha value is -2.87. The molecule has 9 heteroatoms. The molecule has 0 heterocycles. The molecule has 0 saturated carbocycles. The number of rotatable bonds is 4. The molecule has 5 nitrogen and oxygen atoms in total. The fourth-order valence-corrected chi connectivity index (χ4v) is 2.15. The van der Waals surface area contributed by atoms with Crippen molar-refractivity contribution in [3.63, 3.8) is 0 Å². The lowest BCUT2D eigenvalue weighted by atomic mass is 10.1. The average Bonchev–Trinajstić information content (AvgIpc) is 2.59. The minimum absolute atomic E-state index is 0.0446. The second kappa shape index (κ2) is 8.01. The monoisotopic (exact) mass is 383 g/mol. The van der Waals surface area contributed by atoms with Crippen molar-refractivity contribution in [3.05, 3.63) is 64.7 Å². The third kappa shape index (κ3) is 5.06. The largest absolute Gasteiger partial charge is 0.471 e. The van der Waals surface area contributed by atoms with Crippen LogP contribution in [-0.4, -0.2) is 23.7 Å². The SMILES string of the molecule is C/C(=N/NC(=O)c1ccccc1Cl)c1cccc(NC(=O)C(F)(F)F)c1. The number of benzene rings is 2. The van der Waals surface area contributed by atoms with Gasteiger partial charge in [0.1, 0.15) is 0 Å². The van der Waals surface area contributed by atoms with Crippen molar-refractivity contribution >= 4 is 34.8 Å². The summed E-state index contributed by atoms with van der Waals surface area (Å²) in [6.07, 6.45) is -4.98. The minimum atomic E-state index is -4.98. The summed E-state index contributed by atoms with van der Waals surface area (Å²) in [5.41, 5.74) is 3.26. The van der Waals surface area contributed by atoms with E-state index in [9.17, 15) is 22.8 Å². The molecule has 2 aromatic carbocycles. The van der Waals surface area contributed by atoms with Crippen molar-refractivity contribution in [2.45, 2.75) is 13.1 Å². The molecule has 0 aromatic heterocycles. The van der Waals surface area contributed by atoms with E-state index in [1.807, 2.05) is 0 Å². The van der Waals surface area contributed by atoms with Crippen LogP contribution in [0.25, 0.3) is 0 Å². The number of anilines is 1. The van der Waals surface area contributed by atoms with Gasteiger partial charge in [0, 0.05) is 5.69 Å². The molecule has 2 N–H and O–H groups in total. The Morgan fingerprint density at radius 3 is 2.42 bits per heavy atom. The molecule has 136 valence electrons. The number of hydrogen-bond acceptors (Lipinski definition) is 3. The number of alkyl halides is 3. The Morgan fingerprint density at radius 1 is 1.08 bits per heavy atom. The molecule has 0 aliphatic heterocycles. The first-order chi connectivity index (χ1) is 12.2. The topological polar surface area (TPSA) is 70.6 Å². The highest BCUT2D eigenvalue weighted by atomic mass is 35.5. The molecule has 2 rings (SSSR count). The van der Waals surface area contributed by atoms with E-state index in [0.29, 0.717) is 11.3 Å². The number of amides is 2. The van der Waals surface area contributed by atoms with Crippen LogP contribution in [-0.2, 0) is 4.79 Å². The van der Waals surface area contributed by atoms with Crippen LogP contribution < -0.4 is 10.7 Å². The first kappa shape index (κ1) is 19.5. The number of carbonyl (C=O) groups excluding carboxylic acids is 2. The molecular formula is C17H13ClF3N3O2. The molecule has 2 aromatic rings. The molecule has 0 saturated heterocycles. The molecule has 2 amide bonds. The summed E-state index contributed by atoms with van der Waals surface area (Å²) >= 11 is 5.92. The summed E-state index contributed by atoms with van der Waals surface area (Å²) in [7, 11) is 0. The molecule has 0 bridgehead atoms. The quantitative estimate of drug-likeness (QED) is 0.619. The van der Waals surface area contributed by atoms with Gasteiger partial charge in [-0.25, -0.2) is 5.43 Å². The predicted molar refractivity (Wildman–Crippen MR) is 92.3 cm³/mol. The lowest BCUT2D eigenvalue weighted by Gasteiger charge is -2.09. The Labute approximate surface area is 151 Å². The third-order valence-corrected chi connectivity index (χ3v) is 3.57.